The number of likely N-dealkylation sites (tertiary alicyclic amines) is 1. The van der Waals surface area contributed by atoms with Gasteiger partial charge < -0.3 is 15.0 Å². The zero-order chi connectivity index (χ0) is 14.0. The number of ether oxygens (including phenoxy) is 1. The van der Waals surface area contributed by atoms with Crippen molar-refractivity contribution in [3.63, 3.8) is 0 Å². The number of hydrogen-bond acceptors (Lipinski definition) is 3. The Hall–Kier alpha value is -0.610. The van der Waals surface area contributed by atoms with E-state index in [1.807, 2.05) is 0 Å². The predicted molar refractivity (Wildman–Crippen MR) is 76.1 cm³/mol. The Morgan fingerprint density at radius 2 is 2.11 bits per heavy atom. The van der Waals surface area contributed by atoms with E-state index < -0.39 is 0 Å². The van der Waals surface area contributed by atoms with Gasteiger partial charge in [0.15, 0.2) is 0 Å². The molecule has 4 heteroatoms. The summed E-state index contributed by atoms with van der Waals surface area (Å²) >= 11 is 0. The second kappa shape index (κ2) is 5.80. The second-order valence-electron chi connectivity index (χ2n) is 6.80. The molecule has 110 valence electrons. The Morgan fingerprint density at radius 1 is 1.37 bits per heavy atom. The van der Waals surface area contributed by atoms with E-state index in [1.54, 1.807) is 0 Å². The van der Waals surface area contributed by atoms with Crippen LogP contribution in [-0.4, -0.2) is 47.7 Å². The van der Waals surface area contributed by atoms with Crippen LogP contribution in [0.5, 0.6) is 0 Å². The van der Waals surface area contributed by atoms with Crippen molar-refractivity contribution in [2.75, 3.05) is 13.2 Å². The topological polar surface area (TPSA) is 41.6 Å². The summed E-state index contributed by atoms with van der Waals surface area (Å²) in [7, 11) is 0. The first kappa shape index (κ1) is 14.8. The molecule has 0 radical (unpaired) electrons. The van der Waals surface area contributed by atoms with Gasteiger partial charge >= 0.3 is 0 Å². The number of carbonyl (C=O) groups excluding carboxylic acids is 1. The van der Waals surface area contributed by atoms with Crippen molar-refractivity contribution in [2.24, 2.45) is 0 Å². The summed E-state index contributed by atoms with van der Waals surface area (Å²) in [5.74, 6) is 0.294. The highest BCUT2D eigenvalue weighted by Gasteiger charge is 2.38. The SMILES string of the molecule is CC(C)NC1CCCN(C2CCOC(C)(C)C2)C1=O. The molecular weight excluding hydrogens is 240 g/mol. The molecule has 19 heavy (non-hydrogen) atoms. The fourth-order valence-corrected chi connectivity index (χ4v) is 3.28. The van der Waals surface area contributed by atoms with Crippen molar-refractivity contribution >= 4 is 5.91 Å². The average Bonchev–Trinajstić information content (AvgIpc) is 2.30. The van der Waals surface area contributed by atoms with Gasteiger partial charge in [-0.3, -0.25) is 4.79 Å². The zero-order valence-electron chi connectivity index (χ0n) is 12.7. The van der Waals surface area contributed by atoms with Crippen LogP contribution in [0.3, 0.4) is 0 Å². The number of nitrogens with zero attached hydrogens (tertiary/aromatic N) is 1. The maximum atomic E-state index is 12.6. The summed E-state index contributed by atoms with van der Waals surface area (Å²) in [4.78, 5) is 14.7. The molecular formula is C15H28N2O2. The van der Waals surface area contributed by atoms with Gasteiger partial charge in [-0.05, 0) is 39.5 Å². The van der Waals surface area contributed by atoms with Crippen LogP contribution in [0.4, 0.5) is 0 Å². The zero-order valence-corrected chi connectivity index (χ0v) is 12.7. The highest BCUT2D eigenvalue weighted by atomic mass is 16.5. The molecule has 2 unspecified atom stereocenters. The third-order valence-electron chi connectivity index (χ3n) is 4.12. The third-order valence-corrected chi connectivity index (χ3v) is 4.12. The lowest BCUT2D eigenvalue weighted by Gasteiger charge is -2.44. The molecule has 0 aromatic carbocycles. The van der Waals surface area contributed by atoms with Crippen molar-refractivity contribution in [1.82, 2.24) is 10.2 Å². The number of piperidine rings is 1. The van der Waals surface area contributed by atoms with E-state index in [0.717, 1.165) is 38.8 Å². The molecule has 2 rings (SSSR count). The Bertz CT molecular complexity index is 328. The quantitative estimate of drug-likeness (QED) is 0.850. The van der Waals surface area contributed by atoms with E-state index in [2.05, 4.69) is 37.9 Å². The Morgan fingerprint density at radius 3 is 2.74 bits per heavy atom. The Kier molecular flexibility index (Phi) is 4.51. The van der Waals surface area contributed by atoms with Crippen LogP contribution in [0, 0.1) is 0 Å². The van der Waals surface area contributed by atoms with E-state index in [9.17, 15) is 4.79 Å². The van der Waals surface area contributed by atoms with E-state index in [-0.39, 0.29) is 11.6 Å². The first-order chi connectivity index (χ1) is 8.89. The largest absolute Gasteiger partial charge is 0.375 e. The molecule has 1 N–H and O–H groups in total. The molecule has 2 saturated heterocycles. The van der Waals surface area contributed by atoms with Crippen LogP contribution < -0.4 is 5.32 Å². The lowest BCUT2D eigenvalue weighted by atomic mass is 9.90. The summed E-state index contributed by atoms with van der Waals surface area (Å²) < 4.78 is 5.76. The Balaban J connectivity index is 2.01. The van der Waals surface area contributed by atoms with Crippen LogP contribution in [0.25, 0.3) is 0 Å². The van der Waals surface area contributed by atoms with Crippen molar-refractivity contribution in [1.29, 1.82) is 0 Å². The van der Waals surface area contributed by atoms with Crippen molar-refractivity contribution in [3.8, 4) is 0 Å². The molecule has 2 atom stereocenters. The van der Waals surface area contributed by atoms with E-state index in [1.165, 1.54) is 0 Å². The summed E-state index contributed by atoms with van der Waals surface area (Å²) in [5.41, 5.74) is -0.0956. The monoisotopic (exact) mass is 268 g/mol. The second-order valence-corrected chi connectivity index (χ2v) is 6.80. The fourth-order valence-electron chi connectivity index (χ4n) is 3.28. The van der Waals surface area contributed by atoms with Gasteiger partial charge in [-0.15, -0.1) is 0 Å². The number of hydrogen-bond donors (Lipinski definition) is 1. The summed E-state index contributed by atoms with van der Waals surface area (Å²) in [5, 5.41) is 3.40. The number of carbonyl (C=O) groups is 1. The van der Waals surface area contributed by atoms with Crippen LogP contribution in [0.1, 0.15) is 53.4 Å². The summed E-state index contributed by atoms with van der Waals surface area (Å²) in [6.07, 6.45) is 4.00. The number of nitrogens with one attached hydrogen (secondary N) is 1. The minimum absolute atomic E-state index is 0.0136. The fraction of sp³-hybridized carbons (Fsp3) is 0.933. The maximum Gasteiger partial charge on any atom is 0.239 e. The van der Waals surface area contributed by atoms with Crippen molar-refractivity contribution in [2.45, 2.75) is 77.1 Å². The van der Waals surface area contributed by atoms with Crippen LogP contribution >= 0.6 is 0 Å². The molecule has 2 aliphatic rings. The Labute approximate surface area is 116 Å². The highest BCUT2D eigenvalue weighted by Crippen LogP contribution is 2.29. The molecule has 0 spiro atoms. The first-order valence-electron chi connectivity index (χ1n) is 7.59. The number of rotatable bonds is 3. The third kappa shape index (κ3) is 3.69. The van der Waals surface area contributed by atoms with Crippen molar-refractivity contribution in [3.05, 3.63) is 0 Å². The number of amides is 1. The molecule has 2 aliphatic heterocycles. The molecule has 0 aromatic heterocycles. The van der Waals surface area contributed by atoms with Crippen LogP contribution in [0.15, 0.2) is 0 Å². The molecule has 2 fully saturated rings. The smallest absolute Gasteiger partial charge is 0.239 e. The average molecular weight is 268 g/mol. The van der Waals surface area contributed by atoms with Crippen molar-refractivity contribution < 1.29 is 9.53 Å². The molecule has 0 bridgehead atoms. The van der Waals surface area contributed by atoms with Gasteiger partial charge in [0.25, 0.3) is 0 Å². The van der Waals surface area contributed by atoms with E-state index >= 15 is 0 Å². The molecule has 0 saturated carbocycles. The standard InChI is InChI=1S/C15H28N2O2/c1-11(2)16-13-6-5-8-17(14(13)18)12-7-9-19-15(3,4)10-12/h11-13,16H,5-10H2,1-4H3. The van der Waals surface area contributed by atoms with Gasteiger partial charge in [-0.25, -0.2) is 0 Å². The van der Waals surface area contributed by atoms with Gasteiger partial charge in [-0.2, -0.15) is 0 Å². The first-order valence-corrected chi connectivity index (χ1v) is 7.59. The molecule has 2 heterocycles. The van der Waals surface area contributed by atoms with E-state index in [4.69, 9.17) is 4.74 Å². The van der Waals surface area contributed by atoms with Gasteiger partial charge in [0.2, 0.25) is 5.91 Å². The normalized spacial score (nSPS) is 31.8. The molecule has 1 amide bonds. The predicted octanol–water partition coefficient (Wildman–Crippen LogP) is 1.93. The van der Waals surface area contributed by atoms with Crippen LogP contribution in [-0.2, 0) is 9.53 Å². The highest BCUT2D eigenvalue weighted by molar-refractivity contribution is 5.83. The van der Waals surface area contributed by atoms with Gasteiger partial charge in [0.05, 0.1) is 11.6 Å². The van der Waals surface area contributed by atoms with Crippen LogP contribution in [0.2, 0.25) is 0 Å². The molecule has 0 aliphatic carbocycles. The van der Waals surface area contributed by atoms with Gasteiger partial charge in [0.1, 0.15) is 0 Å². The lowest BCUT2D eigenvalue weighted by molar-refractivity contribution is -0.145. The maximum absolute atomic E-state index is 12.6. The van der Waals surface area contributed by atoms with E-state index in [0.29, 0.717) is 18.0 Å². The minimum Gasteiger partial charge on any atom is -0.375 e. The lowest BCUT2D eigenvalue weighted by Crippen LogP contribution is -2.57. The van der Waals surface area contributed by atoms with Gasteiger partial charge in [0, 0.05) is 25.2 Å². The minimum atomic E-state index is -0.0956. The van der Waals surface area contributed by atoms with Gasteiger partial charge in [-0.1, -0.05) is 13.8 Å². The summed E-state index contributed by atoms with van der Waals surface area (Å²) in [6, 6.07) is 0.729. The molecule has 0 aromatic rings. The summed E-state index contributed by atoms with van der Waals surface area (Å²) in [6.45, 7) is 10.1. The molecule has 4 nitrogen and oxygen atoms in total.